The molecule has 9 nitrogen and oxygen atoms in total. The lowest BCUT2D eigenvalue weighted by molar-refractivity contribution is 0.288. The molecule has 0 aliphatic carbocycles. The maximum atomic E-state index is 15.3. The minimum atomic E-state index is -4.37. The van der Waals surface area contributed by atoms with Crippen molar-refractivity contribution in [3.05, 3.63) is 161 Å². The molecular formula is C42H31F6N4O5P. The van der Waals surface area contributed by atoms with Gasteiger partial charge in [0, 0.05) is 71.7 Å². The summed E-state index contributed by atoms with van der Waals surface area (Å²) in [5.74, 6) is -4.59. The van der Waals surface area contributed by atoms with Crippen LogP contribution in [-0.2, 0) is 24.2 Å². The van der Waals surface area contributed by atoms with E-state index in [0.717, 1.165) is 42.1 Å². The second kappa shape index (κ2) is 14.8. The summed E-state index contributed by atoms with van der Waals surface area (Å²) in [6.45, 7) is 1.13. The zero-order valence-corrected chi connectivity index (χ0v) is 31.1. The Morgan fingerprint density at radius 2 is 0.966 bits per heavy atom. The van der Waals surface area contributed by atoms with E-state index in [-0.39, 0.29) is 49.9 Å². The maximum absolute atomic E-state index is 15.3. The molecule has 1 N–H and O–H groups in total. The molecule has 3 aliphatic rings. The molecule has 0 aromatic heterocycles. The first-order chi connectivity index (χ1) is 28.0. The highest BCUT2D eigenvalue weighted by atomic mass is 31.2. The van der Waals surface area contributed by atoms with E-state index < -0.39 is 42.5 Å². The Hall–Kier alpha value is -6.47. The van der Waals surface area contributed by atoms with Crippen molar-refractivity contribution in [1.82, 2.24) is 0 Å². The van der Waals surface area contributed by atoms with Crippen molar-refractivity contribution in [1.29, 1.82) is 0 Å². The van der Waals surface area contributed by atoms with Gasteiger partial charge in [0.2, 0.25) is 0 Å². The van der Waals surface area contributed by atoms with Crippen LogP contribution in [0.5, 0.6) is 23.0 Å². The SMILES string of the molecule is O=P(Oc1ccc2c(c1)CN(c1ccc(F)c(F)c1)CN2)(Oc1ccc2c(c1)CN(c1ccc(F)c(F)c1)CO2)c1ccc2c(c1)CN(c1ccc(F)c(F)c1)CO2. The minimum absolute atomic E-state index is 0.0472. The van der Waals surface area contributed by atoms with Gasteiger partial charge in [0.15, 0.2) is 48.4 Å². The Balaban J connectivity index is 1.04. The van der Waals surface area contributed by atoms with Crippen LogP contribution >= 0.6 is 7.60 Å². The van der Waals surface area contributed by atoms with Gasteiger partial charge in [-0.05, 0) is 96.6 Å². The average molecular weight is 817 g/mol. The van der Waals surface area contributed by atoms with E-state index in [1.165, 1.54) is 18.2 Å². The van der Waals surface area contributed by atoms with Crippen LogP contribution in [0.4, 0.5) is 49.1 Å². The minimum Gasteiger partial charge on any atom is -0.473 e. The van der Waals surface area contributed by atoms with E-state index in [4.69, 9.17) is 18.5 Å². The number of benzene rings is 6. The van der Waals surface area contributed by atoms with Gasteiger partial charge in [-0.3, -0.25) is 0 Å². The Morgan fingerprint density at radius 3 is 1.52 bits per heavy atom. The van der Waals surface area contributed by atoms with Crippen LogP contribution in [0, 0.1) is 34.9 Å². The molecule has 1 atom stereocenters. The van der Waals surface area contributed by atoms with Crippen molar-refractivity contribution in [2.24, 2.45) is 0 Å². The molecule has 296 valence electrons. The summed E-state index contributed by atoms with van der Waals surface area (Å²) < 4.78 is 123. The van der Waals surface area contributed by atoms with Crippen LogP contribution in [0.25, 0.3) is 0 Å². The topological polar surface area (TPSA) is 75.7 Å². The first-order valence-corrected chi connectivity index (χ1v) is 19.5. The fourth-order valence-electron chi connectivity index (χ4n) is 7.01. The molecule has 0 saturated heterocycles. The van der Waals surface area contributed by atoms with Crippen LogP contribution in [0.15, 0.2) is 109 Å². The van der Waals surface area contributed by atoms with Crippen LogP contribution < -0.4 is 43.8 Å². The quantitative estimate of drug-likeness (QED) is 0.119. The van der Waals surface area contributed by atoms with Gasteiger partial charge < -0.3 is 38.5 Å². The first kappa shape index (κ1) is 37.1. The summed E-state index contributed by atoms with van der Waals surface area (Å²) in [4.78, 5) is 5.17. The fourth-order valence-corrected chi connectivity index (χ4v) is 8.61. The number of rotatable bonds is 8. The molecule has 0 bridgehead atoms. The molecular weight excluding hydrogens is 785 g/mol. The summed E-state index contributed by atoms with van der Waals surface area (Å²) in [7, 11) is -4.37. The molecule has 16 heteroatoms. The third kappa shape index (κ3) is 7.29. The molecule has 0 fully saturated rings. The number of nitrogens with zero attached hydrogens (tertiary/aromatic N) is 3. The van der Waals surface area contributed by atoms with Crippen LogP contribution in [-0.4, -0.2) is 20.1 Å². The van der Waals surface area contributed by atoms with Crippen molar-refractivity contribution in [3.8, 4) is 23.0 Å². The van der Waals surface area contributed by atoms with Gasteiger partial charge in [-0.2, -0.15) is 0 Å². The third-order valence-electron chi connectivity index (χ3n) is 10.0. The van der Waals surface area contributed by atoms with Gasteiger partial charge in [0.05, 0.1) is 12.0 Å². The normalized spacial score (nSPS) is 15.5. The molecule has 6 aromatic rings. The van der Waals surface area contributed by atoms with E-state index in [2.05, 4.69) is 5.32 Å². The molecule has 0 spiro atoms. The molecule has 6 aromatic carbocycles. The lowest BCUT2D eigenvalue weighted by atomic mass is 10.1. The van der Waals surface area contributed by atoms with Crippen molar-refractivity contribution >= 4 is 35.6 Å². The number of anilines is 4. The molecule has 58 heavy (non-hydrogen) atoms. The number of fused-ring (bicyclic) bond motifs is 3. The van der Waals surface area contributed by atoms with E-state index in [1.807, 2.05) is 0 Å². The van der Waals surface area contributed by atoms with E-state index in [9.17, 15) is 26.3 Å². The molecule has 3 aliphatic heterocycles. The van der Waals surface area contributed by atoms with Gasteiger partial charge in [-0.25, -0.2) is 30.9 Å². The summed E-state index contributed by atoms with van der Waals surface area (Å²) in [6, 6.07) is 25.4. The Morgan fingerprint density at radius 1 is 0.500 bits per heavy atom. The lowest BCUT2D eigenvalue weighted by Gasteiger charge is -2.32. The number of ether oxygens (including phenoxy) is 2. The highest BCUT2D eigenvalue weighted by molar-refractivity contribution is 7.63. The van der Waals surface area contributed by atoms with Gasteiger partial charge in [-0.15, -0.1) is 0 Å². The second-order valence-electron chi connectivity index (χ2n) is 13.8. The molecule has 0 amide bonds. The van der Waals surface area contributed by atoms with Gasteiger partial charge >= 0.3 is 7.60 Å². The largest absolute Gasteiger partial charge is 0.473 e. The van der Waals surface area contributed by atoms with Gasteiger partial charge in [-0.1, -0.05) is 0 Å². The number of hydrogen-bond acceptors (Lipinski definition) is 9. The molecule has 9 rings (SSSR count). The van der Waals surface area contributed by atoms with E-state index >= 15 is 4.57 Å². The molecule has 3 heterocycles. The Kier molecular flexibility index (Phi) is 9.47. The zero-order chi connectivity index (χ0) is 40.1. The second-order valence-corrected chi connectivity index (χ2v) is 15.7. The highest BCUT2D eigenvalue weighted by Crippen LogP contribution is 2.50. The average Bonchev–Trinajstić information content (AvgIpc) is 3.23. The zero-order valence-electron chi connectivity index (χ0n) is 30.2. The summed E-state index contributed by atoms with van der Waals surface area (Å²) in [6.07, 6.45) is 0. The Labute approximate surface area is 328 Å². The summed E-state index contributed by atoms with van der Waals surface area (Å²) in [5.41, 5.74) is 3.86. The van der Waals surface area contributed by atoms with Crippen molar-refractivity contribution in [3.63, 3.8) is 0 Å². The highest BCUT2D eigenvalue weighted by Gasteiger charge is 2.35. The standard InChI is InChI=1S/C42H31F6N4O5P/c43-34-7-1-28(16-37(34)46)50-19-25-13-31(4-10-40(25)49-22-50)56-58(53,33-6-12-42-27(15-33)21-52(24-55-42)30-3-9-36(45)39(48)18-30)57-32-5-11-41-26(14-32)20-51(23-54-41)29-2-8-35(44)38(47)17-29/h1-18,49H,19-24H2. The van der Waals surface area contributed by atoms with Crippen molar-refractivity contribution < 1.29 is 49.4 Å². The predicted molar refractivity (Wildman–Crippen MR) is 205 cm³/mol. The van der Waals surface area contributed by atoms with Crippen LogP contribution in [0.3, 0.4) is 0 Å². The van der Waals surface area contributed by atoms with Crippen molar-refractivity contribution in [2.75, 3.05) is 40.1 Å². The van der Waals surface area contributed by atoms with E-state index in [0.29, 0.717) is 51.9 Å². The molecule has 0 saturated carbocycles. The van der Waals surface area contributed by atoms with Crippen molar-refractivity contribution in [2.45, 2.75) is 19.6 Å². The number of nitrogens with one attached hydrogen (secondary N) is 1. The maximum Gasteiger partial charge on any atom is 0.462 e. The smallest absolute Gasteiger partial charge is 0.462 e. The Bertz CT molecular complexity index is 2520. The number of hydrogen-bond donors (Lipinski definition) is 1. The van der Waals surface area contributed by atoms with Crippen LogP contribution in [0.1, 0.15) is 16.7 Å². The third-order valence-corrected chi connectivity index (χ3v) is 11.8. The van der Waals surface area contributed by atoms with Gasteiger partial charge in [0.1, 0.15) is 23.0 Å². The summed E-state index contributed by atoms with van der Waals surface area (Å²) >= 11 is 0. The lowest BCUT2D eigenvalue weighted by Crippen LogP contribution is -2.33. The van der Waals surface area contributed by atoms with Crippen LogP contribution in [0.2, 0.25) is 0 Å². The molecule has 0 radical (unpaired) electrons. The predicted octanol–water partition coefficient (Wildman–Crippen LogP) is 9.60. The summed E-state index contributed by atoms with van der Waals surface area (Å²) in [5, 5.41) is 3.40. The first-order valence-electron chi connectivity index (χ1n) is 18.0. The van der Waals surface area contributed by atoms with Gasteiger partial charge in [0.25, 0.3) is 0 Å². The monoisotopic (exact) mass is 816 g/mol. The fraction of sp³-hybridized carbons (Fsp3) is 0.143. The van der Waals surface area contributed by atoms with E-state index in [1.54, 1.807) is 69.3 Å². The molecule has 1 unspecified atom stereocenters. The number of halogens is 6.